The Morgan fingerprint density at radius 3 is 2.94 bits per heavy atom. The van der Waals surface area contributed by atoms with Crippen LogP contribution in [0.5, 0.6) is 5.75 Å². The van der Waals surface area contributed by atoms with Crippen molar-refractivity contribution in [3.63, 3.8) is 0 Å². The zero-order valence-electron chi connectivity index (χ0n) is 9.54. The number of benzene rings is 1. The predicted molar refractivity (Wildman–Crippen MR) is 72.6 cm³/mol. The van der Waals surface area contributed by atoms with Crippen LogP contribution in [0.3, 0.4) is 0 Å². The second kappa shape index (κ2) is 3.74. The third-order valence-electron chi connectivity index (χ3n) is 2.97. The molecule has 0 aliphatic rings. The third kappa shape index (κ3) is 1.52. The molecule has 3 aromatic rings. The molecular weight excluding hydrogens is 280 g/mol. The van der Waals surface area contributed by atoms with E-state index in [4.69, 9.17) is 4.74 Å². The van der Waals surface area contributed by atoms with Gasteiger partial charge in [-0.05, 0) is 35.0 Å². The molecule has 1 aromatic carbocycles. The molecule has 0 amide bonds. The summed E-state index contributed by atoms with van der Waals surface area (Å²) in [6.07, 6.45) is 1.83. The Kier molecular flexibility index (Phi) is 2.33. The number of halogens is 1. The molecule has 0 saturated carbocycles. The molecule has 0 aliphatic heterocycles. The molecule has 86 valence electrons. The van der Waals surface area contributed by atoms with Gasteiger partial charge in [0.25, 0.3) is 0 Å². The average molecular weight is 291 g/mol. The van der Waals surface area contributed by atoms with Crippen LogP contribution in [0.1, 0.15) is 5.69 Å². The van der Waals surface area contributed by atoms with Gasteiger partial charge in [-0.15, -0.1) is 0 Å². The largest absolute Gasteiger partial charge is 0.497 e. The van der Waals surface area contributed by atoms with Crippen LogP contribution in [0, 0.1) is 6.92 Å². The Hall–Kier alpha value is -1.55. The fourth-order valence-corrected chi connectivity index (χ4v) is 2.79. The highest BCUT2D eigenvalue weighted by Gasteiger charge is 2.11. The first kappa shape index (κ1) is 10.6. The number of methoxy groups -OCH3 is 1. The van der Waals surface area contributed by atoms with Crippen molar-refractivity contribution in [3.05, 3.63) is 34.6 Å². The topological polar surface area (TPSA) is 37.9 Å². The third-order valence-corrected chi connectivity index (χ3v) is 3.59. The number of hydrogen-bond donors (Lipinski definition) is 1. The number of ether oxygens (including phenoxy) is 1. The number of nitrogens with zero attached hydrogens (tertiary/aromatic N) is 1. The fourth-order valence-electron chi connectivity index (χ4n) is 2.14. The molecule has 1 N–H and O–H groups in total. The average Bonchev–Trinajstić information content (AvgIpc) is 2.69. The number of rotatable bonds is 1. The molecule has 0 radical (unpaired) electrons. The Balaban J connectivity index is 2.51. The van der Waals surface area contributed by atoms with Crippen molar-refractivity contribution in [3.8, 4) is 5.75 Å². The van der Waals surface area contributed by atoms with Gasteiger partial charge < -0.3 is 9.72 Å². The molecule has 2 aromatic heterocycles. The summed E-state index contributed by atoms with van der Waals surface area (Å²) in [5.74, 6) is 0.835. The summed E-state index contributed by atoms with van der Waals surface area (Å²) in [4.78, 5) is 7.69. The molecule has 0 atom stereocenters. The lowest BCUT2D eigenvalue weighted by Crippen LogP contribution is -1.82. The van der Waals surface area contributed by atoms with Gasteiger partial charge in [0.15, 0.2) is 0 Å². The van der Waals surface area contributed by atoms with Gasteiger partial charge in [-0.25, -0.2) is 0 Å². The molecule has 0 unspecified atom stereocenters. The van der Waals surface area contributed by atoms with E-state index in [2.05, 4.69) is 25.9 Å². The second-order valence-electron chi connectivity index (χ2n) is 3.98. The molecule has 2 heterocycles. The van der Waals surface area contributed by atoms with Crippen molar-refractivity contribution >= 4 is 37.7 Å². The van der Waals surface area contributed by atoms with E-state index in [0.717, 1.165) is 26.9 Å². The van der Waals surface area contributed by atoms with Crippen molar-refractivity contribution in [2.24, 2.45) is 0 Å². The summed E-state index contributed by atoms with van der Waals surface area (Å²) in [6, 6.07) is 6.00. The summed E-state index contributed by atoms with van der Waals surface area (Å²) < 4.78 is 6.29. The predicted octanol–water partition coefficient (Wildman–Crippen LogP) is 3.80. The van der Waals surface area contributed by atoms with Gasteiger partial charge in [-0.1, -0.05) is 0 Å². The van der Waals surface area contributed by atoms with Gasteiger partial charge in [-0.2, -0.15) is 0 Å². The number of aromatic nitrogens is 2. The molecule has 3 rings (SSSR count). The molecule has 3 nitrogen and oxygen atoms in total. The Morgan fingerprint density at radius 1 is 1.35 bits per heavy atom. The van der Waals surface area contributed by atoms with E-state index in [1.807, 2.05) is 31.3 Å². The minimum atomic E-state index is 0.835. The lowest BCUT2D eigenvalue weighted by molar-refractivity contribution is 0.415. The van der Waals surface area contributed by atoms with Crippen LogP contribution in [-0.4, -0.2) is 17.1 Å². The smallest absolute Gasteiger partial charge is 0.122 e. The van der Waals surface area contributed by atoms with Gasteiger partial charge in [0.1, 0.15) is 5.75 Å². The van der Waals surface area contributed by atoms with E-state index in [0.29, 0.717) is 0 Å². The van der Waals surface area contributed by atoms with Crippen molar-refractivity contribution in [1.82, 2.24) is 9.97 Å². The van der Waals surface area contributed by atoms with E-state index < -0.39 is 0 Å². The Labute approximate surface area is 107 Å². The van der Waals surface area contributed by atoms with Gasteiger partial charge in [0.05, 0.1) is 23.8 Å². The molecule has 17 heavy (non-hydrogen) atoms. The summed E-state index contributed by atoms with van der Waals surface area (Å²) >= 11 is 3.59. The standard InChI is InChI=1S/C13H11BrN2O/c1-7-13-9(3-4-15-7)12-10(14)5-8(17-2)6-11(12)16-13/h3-6,16H,1-2H3. The molecule has 4 heteroatoms. The lowest BCUT2D eigenvalue weighted by atomic mass is 10.1. The fraction of sp³-hybridized carbons (Fsp3) is 0.154. The van der Waals surface area contributed by atoms with E-state index in [9.17, 15) is 0 Å². The SMILES string of the molecule is COc1cc(Br)c2c(c1)[nH]c1c(C)nccc12. The first-order valence-corrected chi connectivity index (χ1v) is 6.10. The number of pyridine rings is 1. The quantitative estimate of drug-likeness (QED) is 0.740. The normalized spacial score (nSPS) is 11.2. The molecule has 0 aliphatic carbocycles. The maximum absolute atomic E-state index is 5.26. The van der Waals surface area contributed by atoms with Gasteiger partial charge >= 0.3 is 0 Å². The molecule has 0 fully saturated rings. The van der Waals surface area contributed by atoms with E-state index in [1.54, 1.807) is 7.11 Å². The number of aryl methyl sites for hydroxylation is 1. The van der Waals surface area contributed by atoms with Crippen molar-refractivity contribution in [1.29, 1.82) is 0 Å². The van der Waals surface area contributed by atoms with Crippen LogP contribution in [-0.2, 0) is 0 Å². The van der Waals surface area contributed by atoms with E-state index >= 15 is 0 Å². The summed E-state index contributed by atoms with van der Waals surface area (Å²) in [6.45, 7) is 2.00. The van der Waals surface area contributed by atoms with Crippen LogP contribution in [0.2, 0.25) is 0 Å². The van der Waals surface area contributed by atoms with Crippen molar-refractivity contribution < 1.29 is 4.74 Å². The number of hydrogen-bond acceptors (Lipinski definition) is 2. The van der Waals surface area contributed by atoms with Gasteiger partial charge in [0.2, 0.25) is 0 Å². The van der Waals surface area contributed by atoms with Crippen LogP contribution in [0.25, 0.3) is 21.8 Å². The molecule has 0 bridgehead atoms. The summed E-state index contributed by atoms with van der Waals surface area (Å²) in [5.41, 5.74) is 3.14. The highest BCUT2D eigenvalue weighted by Crippen LogP contribution is 2.35. The highest BCUT2D eigenvalue weighted by atomic mass is 79.9. The minimum Gasteiger partial charge on any atom is -0.497 e. The van der Waals surface area contributed by atoms with Crippen LogP contribution >= 0.6 is 15.9 Å². The monoisotopic (exact) mass is 290 g/mol. The molecule has 0 saturated heterocycles. The van der Waals surface area contributed by atoms with E-state index in [-0.39, 0.29) is 0 Å². The molecular formula is C13H11BrN2O. The maximum Gasteiger partial charge on any atom is 0.122 e. The lowest BCUT2D eigenvalue weighted by Gasteiger charge is -2.01. The van der Waals surface area contributed by atoms with Gasteiger partial charge in [0, 0.05) is 27.5 Å². The summed E-state index contributed by atoms with van der Waals surface area (Å²) in [7, 11) is 1.67. The zero-order valence-corrected chi connectivity index (χ0v) is 11.1. The van der Waals surface area contributed by atoms with Crippen molar-refractivity contribution in [2.75, 3.05) is 7.11 Å². The second-order valence-corrected chi connectivity index (χ2v) is 4.83. The number of nitrogens with one attached hydrogen (secondary N) is 1. The number of H-pyrrole nitrogens is 1. The first-order chi connectivity index (χ1) is 8.20. The highest BCUT2D eigenvalue weighted by molar-refractivity contribution is 9.10. The van der Waals surface area contributed by atoms with E-state index in [1.165, 1.54) is 10.8 Å². The number of fused-ring (bicyclic) bond motifs is 3. The minimum absolute atomic E-state index is 0.835. The Bertz CT molecular complexity index is 718. The zero-order chi connectivity index (χ0) is 12.0. The Morgan fingerprint density at radius 2 is 2.18 bits per heavy atom. The number of aromatic amines is 1. The van der Waals surface area contributed by atoms with Crippen LogP contribution in [0.4, 0.5) is 0 Å². The van der Waals surface area contributed by atoms with Crippen LogP contribution in [0.15, 0.2) is 28.9 Å². The first-order valence-electron chi connectivity index (χ1n) is 5.31. The van der Waals surface area contributed by atoms with Crippen molar-refractivity contribution in [2.45, 2.75) is 6.92 Å². The molecule has 0 spiro atoms. The summed E-state index contributed by atoms with van der Waals surface area (Å²) in [5, 5.41) is 2.35. The van der Waals surface area contributed by atoms with Gasteiger partial charge in [-0.3, -0.25) is 4.98 Å². The maximum atomic E-state index is 5.26. The van der Waals surface area contributed by atoms with Crippen LogP contribution < -0.4 is 4.74 Å².